The molecule has 0 radical (unpaired) electrons. The molecular weight excluding hydrogens is 135 g/mol. The molecule has 0 saturated carbocycles. The molecular formula is C8H7LiO2. The topological polar surface area (TPSA) is 40.1 Å². The van der Waals surface area contributed by atoms with Crippen LogP contribution in [0.2, 0.25) is 0 Å². The van der Waals surface area contributed by atoms with Crippen LogP contribution in [0, 0.1) is 0 Å². The van der Waals surface area contributed by atoms with Gasteiger partial charge in [0.2, 0.25) is 0 Å². The second kappa shape index (κ2) is 4.22. The Morgan fingerprint density at radius 2 is 2.09 bits per heavy atom. The fourth-order valence-corrected chi connectivity index (χ4v) is 0.715. The average molecular weight is 142 g/mol. The zero-order valence-corrected chi connectivity index (χ0v) is 6.63. The third-order valence-electron chi connectivity index (χ3n) is 1.24. The van der Waals surface area contributed by atoms with E-state index in [9.17, 15) is 9.90 Å². The maximum atomic E-state index is 10.7. The minimum Gasteiger partial charge on any atom is -0.872 e. The summed E-state index contributed by atoms with van der Waals surface area (Å²) in [4.78, 5) is 10.7. The average Bonchev–Trinajstić information content (AvgIpc) is 1.88. The molecule has 2 nitrogen and oxygen atoms in total. The van der Waals surface area contributed by atoms with E-state index >= 15 is 0 Å². The van der Waals surface area contributed by atoms with Gasteiger partial charge in [0, 0.05) is 5.56 Å². The summed E-state index contributed by atoms with van der Waals surface area (Å²) < 4.78 is 0. The molecule has 3 heteroatoms. The minimum absolute atomic E-state index is 0. The SMILES string of the molecule is CC(=O)c1cccc([O-])c1.[Li+]. The molecule has 0 heterocycles. The number of hydrogen-bond acceptors (Lipinski definition) is 2. The zero-order chi connectivity index (χ0) is 7.56. The van der Waals surface area contributed by atoms with Crippen molar-refractivity contribution in [2.24, 2.45) is 0 Å². The first kappa shape index (κ1) is 10.3. The normalized spacial score (nSPS) is 8.45. The number of ketones is 1. The van der Waals surface area contributed by atoms with Crippen molar-refractivity contribution >= 4 is 5.78 Å². The molecule has 0 bridgehead atoms. The maximum absolute atomic E-state index is 10.7. The third-order valence-corrected chi connectivity index (χ3v) is 1.24. The van der Waals surface area contributed by atoms with E-state index in [0.29, 0.717) is 5.56 Å². The number of Topliss-reactive ketones (excluding diaryl/α,β-unsaturated/α-hetero) is 1. The van der Waals surface area contributed by atoms with E-state index in [0.717, 1.165) is 0 Å². The van der Waals surface area contributed by atoms with Crippen molar-refractivity contribution in [3.63, 3.8) is 0 Å². The minimum atomic E-state index is -0.118. The molecule has 0 N–H and O–H groups in total. The van der Waals surface area contributed by atoms with E-state index in [1.165, 1.54) is 19.1 Å². The molecule has 1 aromatic carbocycles. The molecule has 1 rings (SSSR count). The summed E-state index contributed by atoms with van der Waals surface area (Å²) in [5.74, 6) is -0.189. The predicted molar refractivity (Wildman–Crippen MR) is 35.9 cm³/mol. The van der Waals surface area contributed by atoms with Crippen molar-refractivity contribution in [2.75, 3.05) is 0 Å². The molecule has 0 aromatic heterocycles. The van der Waals surface area contributed by atoms with Gasteiger partial charge in [0.1, 0.15) is 0 Å². The van der Waals surface area contributed by atoms with E-state index in [2.05, 4.69) is 0 Å². The van der Waals surface area contributed by atoms with Crippen LogP contribution in [-0.4, -0.2) is 5.78 Å². The summed E-state index contributed by atoms with van der Waals surface area (Å²) in [6.45, 7) is 1.44. The number of carbonyl (C=O) groups is 1. The van der Waals surface area contributed by atoms with Crippen molar-refractivity contribution < 1.29 is 28.8 Å². The Morgan fingerprint density at radius 3 is 2.45 bits per heavy atom. The molecule has 11 heavy (non-hydrogen) atoms. The predicted octanol–water partition coefficient (Wildman–Crippen LogP) is -2.03. The first-order valence-electron chi connectivity index (χ1n) is 2.98. The summed E-state index contributed by atoms with van der Waals surface area (Å²) in [5, 5.41) is 10.6. The van der Waals surface area contributed by atoms with Crippen LogP contribution in [0.3, 0.4) is 0 Å². The summed E-state index contributed by atoms with van der Waals surface area (Å²) in [6.07, 6.45) is 0. The van der Waals surface area contributed by atoms with Crippen LogP contribution in [-0.2, 0) is 0 Å². The molecule has 0 unspecified atom stereocenters. The molecule has 1 aromatic rings. The first-order valence-corrected chi connectivity index (χ1v) is 2.98. The summed E-state index contributed by atoms with van der Waals surface area (Å²) >= 11 is 0. The molecule has 0 aliphatic heterocycles. The Morgan fingerprint density at radius 1 is 1.45 bits per heavy atom. The van der Waals surface area contributed by atoms with Crippen LogP contribution in [0.25, 0.3) is 0 Å². The fraction of sp³-hybridized carbons (Fsp3) is 0.125. The number of hydrogen-bond donors (Lipinski definition) is 0. The van der Waals surface area contributed by atoms with E-state index in [1.54, 1.807) is 12.1 Å². The van der Waals surface area contributed by atoms with Crippen LogP contribution in [0.5, 0.6) is 5.75 Å². The molecule has 0 amide bonds. The van der Waals surface area contributed by atoms with E-state index in [1.807, 2.05) is 0 Å². The van der Waals surface area contributed by atoms with Crippen molar-refractivity contribution in [3.8, 4) is 5.75 Å². The number of carbonyl (C=O) groups excluding carboxylic acids is 1. The molecule has 0 fully saturated rings. The van der Waals surface area contributed by atoms with Gasteiger partial charge in [-0.1, -0.05) is 24.3 Å². The molecule has 0 aliphatic carbocycles. The number of rotatable bonds is 1. The van der Waals surface area contributed by atoms with Gasteiger partial charge in [-0.25, -0.2) is 0 Å². The van der Waals surface area contributed by atoms with Gasteiger partial charge in [-0.2, -0.15) is 0 Å². The monoisotopic (exact) mass is 142 g/mol. The second-order valence-corrected chi connectivity index (χ2v) is 2.08. The zero-order valence-electron chi connectivity index (χ0n) is 6.63. The van der Waals surface area contributed by atoms with Crippen molar-refractivity contribution in [1.29, 1.82) is 0 Å². The molecule has 0 spiro atoms. The van der Waals surface area contributed by atoms with E-state index in [4.69, 9.17) is 0 Å². The molecule has 0 saturated heterocycles. The summed E-state index contributed by atoms with van der Waals surface area (Å²) in [6, 6.07) is 5.97. The quantitative estimate of drug-likeness (QED) is 0.335. The van der Waals surface area contributed by atoms with Crippen LogP contribution >= 0.6 is 0 Å². The first-order chi connectivity index (χ1) is 4.70. The van der Waals surface area contributed by atoms with Crippen LogP contribution < -0.4 is 24.0 Å². The van der Waals surface area contributed by atoms with Gasteiger partial charge in [-0.05, 0) is 6.92 Å². The van der Waals surface area contributed by atoms with Crippen LogP contribution in [0.4, 0.5) is 0 Å². The Bertz CT molecular complexity index is 258. The Labute approximate surface area is 77.4 Å². The van der Waals surface area contributed by atoms with Crippen molar-refractivity contribution in [2.45, 2.75) is 6.92 Å². The van der Waals surface area contributed by atoms with Gasteiger partial charge in [0.25, 0.3) is 0 Å². The smallest absolute Gasteiger partial charge is 0.872 e. The molecule has 0 atom stereocenters. The largest absolute Gasteiger partial charge is 1.00 e. The van der Waals surface area contributed by atoms with Crippen molar-refractivity contribution in [3.05, 3.63) is 29.8 Å². The van der Waals surface area contributed by atoms with E-state index < -0.39 is 0 Å². The maximum Gasteiger partial charge on any atom is 1.00 e. The molecule has 0 aliphatic rings. The summed E-state index contributed by atoms with van der Waals surface area (Å²) in [5.41, 5.74) is 0.479. The Kier molecular flexibility index (Phi) is 3.95. The van der Waals surface area contributed by atoms with Gasteiger partial charge in [-0.15, -0.1) is 5.75 Å². The molecule has 52 valence electrons. The summed E-state index contributed by atoms with van der Waals surface area (Å²) in [7, 11) is 0. The van der Waals surface area contributed by atoms with Crippen LogP contribution in [0.1, 0.15) is 17.3 Å². The van der Waals surface area contributed by atoms with Gasteiger partial charge in [0.15, 0.2) is 5.78 Å². The number of benzene rings is 1. The second-order valence-electron chi connectivity index (χ2n) is 2.08. The third kappa shape index (κ3) is 2.79. The van der Waals surface area contributed by atoms with Crippen molar-refractivity contribution in [1.82, 2.24) is 0 Å². The van der Waals surface area contributed by atoms with Gasteiger partial charge in [-0.3, -0.25) is 4.79 Å². The van der Waals surface area contributed by atoms with Gasteiger partial charge >= 0.3 is 18.9 Å². The Hall–Kier alpha value is -0.713. The van der Waals surface area contributed by atoms with Crippen LogP contribution in [0.15, 0.2) is 24.3 Å². The standard InChI is InChI=1S/C8H8O2.Li/c1-6(9)7-3-2-4-8(10)5-7;/h2-5,10H,1H3;/q;+1/p-1. The fourth-order valence-electron chi connectivity index (χ4n) is 0.715. The van der Waals surface area contributed by atoms with Gasteiger partial charge in [0.05, 0.1) is 0 Å². The van der Waals surface area contributed by atoms with Gasteiger partial charge < -0.3 is 5.11 Å². The Balaban J connectivity index is 0.000001000. The van der Waals surface area contributed by atoms with E-state index in [-0.39, 0.29) is 30.4 Å².